The van der Waals surface area contributed by atoms with Crippen molar-refractivity contribution in [1.29, 1.82) is 0 Å². The zero-order chi connectivity index (χ0) is 18.6. The van der Waals surface area contributed by atoms with Crippen molar-refractivity contribution in [2.75, 3.05) is 39.4 Å². The third-order valence-electron chi connectivity index (χ3n) is 4.93. The first kappa shape index (κ1) is 20.3. The number of pyridine rings is 1. The predicted octanol–water partition coefficient (Wildman–Crippen LogP) is 1.65. The number of nitrogens with zero attached hydrogens (tertiary/aromatic N) is 2. The highest BCUT2D eigenvalue weighted by Gasteiger charge is 2.23. The predicted molar refractivity (Wildman–Crippen MR) is 98.0 cm³/mol. The van der Waals surface area contributed by atoms with E-state index in [0.717, 1.165) is 45.7 Å². The second-order valence-electron chi connectivity index (χ2n) is 6.86. The van der Waals surface area contributed by atoms with Crippen LogP contribution in [0, 0.1) is 11.8 Å². The van der Waals surface area contributed by atoms with Gasteiger partial charge in [-0.15, -0.1) is 0 Å². The van der Waals surface area contributed by atoms with Crippen molar-refractivity contribution in [2.45, 2.75) is 25.7 Å². The molecule has 7 heteroatoms. The molecule has 0 aromatic carbocycles. The van der Waals surface area contributed by atoms with Crippen molar-refractivity contribution in [1.82, 2.24) is 15.2 Å². The summed E-state index contributed by atoms with van der Waals surface area (Å²) >= 11 is 0. The first-order chi connectivity index (χ1) is 12.7. The Morgan fingerprint density at radius 1 is 1.31 bits per heavy atom. The molecule has 2 aliphatic rings. The van der Waals surface area contributed by atoms with Gasteiger partial charge in [-0.1, -0.05) is 6.07 Å². The minimum absolute atomic E-state index is 0.0626. The maximum Gasteiger partial charge on any atom is 0.290 e. The fraction of sp³-hybridized carbons (Fsp3) is 0.632. The Bertz CT molecular complexity index is 527. The molecule has 0 spiro atoms. The van der Waals surface area contributed by atoms with E-state index in [1.54, 1.807) is 12.3 Å². The highest BCUT2D eigenvalue weighted by Crippen LogP contribution is 2.20. The molecule has 2 fully saturated rings. The fourth-order valence-corrected chi connectivity index (χ4v) is 3.51. The largest absolute Gasteiger partial charge is 0.483 e. The van der Waals surface area contributed by atoms with E-state index in [9.17, 15) is 4.79 Å². The smallest absolute Gasteiger partial charge is 0.290 e. The van der Waals surface area contributed by atoms with E-state index in [0.29, 0.717) is 17.5 Å². The maximum atomic E-state index is 12.0. The number of hydrogen-bond donors (Lipinski definition) is 2. The SMILES string of the molecule is O=C(NCC1CCN(CC2CCCOC2)CC1)c1ccccn1.O=CO. The average Bonchev–Trinajstić information content (AvgIpc) is 2.69. The van der Waals surface area contributed by atoms with Gasteiger partial charge >= 0.3 is 0 Å². The summed E-state index contributed by atoms with van der Waals surface area (Å²) in [6.07, 6.45) is 6.50. The van der Waals surface area contributed by atoms with Crippen LogP contribution >= 0.6 is 0 Å². The van der Waals surface area contributed by atoms with Gasteiger partial charge in [0.1, 0.15) is 5.69 Å². The summed E-state index contributed by atoms with van der Waals surface area (Å²) < 4.78 is 5.57. The number of rotatable bonds is 5. The molecule has 1 atom stereocenters. The van der Waals surface area contributed by atoms with Gasteiger partial charge in [-0.25, -0.2) is 0 Å². The van der Waals surface area contributed by atoms with Crippen LogP contribution < -0.4 is 5.32 Å². The molecular weight excluding hydrogens is 334 g/mol. The van der Waals surface area contributed by atoms with Crippen LogP contribution in [0.2, 0.25) is 0 Å². The number of aromatic nitrogens is 1. The highest BCUT2D eigenvalue weighted by molar-refractivity contribution is 5.92. The zero-order valence-electron chi connectivity index (χ0n) is 15.2. The molecule has 144 valence electrons. The molecule has 1 unspecified atom stereocenters. The van der Waals surface area contributed by atoms with Crippen LogP contribution in [0.25, 0.3) is 0 Å². The molecule has 0 radical (unpaired) electrons. The maximum absolute atomic E-state index is 12.0. The molecule has 2 aliphatic heterocycles. The lowest BCUT2D eigenvalue weighted by molar-refractivity contribution is -0.122. The van der Waals surface area contributed by atoms with Crippen LogP contribution in [0.3, 0.4) is 0 Å². The normalized spacial score (nSPS) is 21.3. The first-order valence-corrected chi connectivity index (χ1v) is 9.30. The molecule has 26 heavy (non-hydrogen) atoms. The van der Waals surface area contributed by atoms with Gasteiger partial charge in [0.05, 0.1) is 6.61 Å². The molecule has 0 bridgehead atoms. The average molecular weight is 363 g/mol. The number of carbonyl (C=O) groups is 2. The monoisotopic (exact) mass is 363 g/mol. The van der Waals surface area contributed by atoms with Gasteiger partial charge in [0.15, 0.2) is 0 Å². The number of carboxylic acid groups (broad SMARTS) is 1. The van der Waals surface area contributed by atoms with Crippen LogP contribution in [0.1, 0.15) is 36.2 Å². The summed E-state index contributed by atoms with van der Waals surface area (Å²) in [6, 6.07) is 5.42. The van der Waals surface area contributed by atoms with E-state index >= 15 is 0 Å². The van der Waals surface area contributed by atoms with Crippen LogP contribution in [0.15, 0.2) is 24.4 Å². The van der Waals surface area contributed by atoms with Gasteiger partial charge in [0.25, 0.3) is 12.4 Å². The molecular formula is C19H29N3O4. The number of ether oxygens (including phenoxy) is 1. The molecule has 0 saturated carbocycles. The zero-order valence-corrected chi connectivity index (χ0v) is 15.2. The van der Waals surface area contributed by atoms with Crippen LogP contribution in [-0.4, -0.2) is 66.8 Å². The minimum atomic E-state index is -0.250. The van der Waals surface area contributed by atoms with Crippen LogP contribution in [0.4, 0.5) is 0 Å². The minimum Gasteiger partial charge on any atom is -0.483 e. The van der Waals surface area contributed by atoms with E-state index in [2.05, 4.69) is 15.2 Å². The quantitative estimate of drug-likeness (QED) is 0.773. The highest BCUT2D eigenvalue weighted by atomic mass is 16.5. The van der Waals surface area contributed by atoms with Crippen molar-refractivity contribution in [3.8, 4) is 0 Å². The second-order valence-corrected chi connectivity index (χ2v) is 6.86. The summed E-state index contributed by atoms with van der Waals surface area (Å²) in [5.41, 5.74) is 0.502. The summed E-state index contributed by atoms with van der Waals surface area (Å²) in [7, 11) is 0. The topological polar surface area (TPSA) is 91.8 Å². The van der Waals surface area contributed by atoms with E-state index in [1.165, 1.54) is 19.4 Å². The molecule has 2 N–H and O–H groups in total. The first-order valence-electron chi connectivity index (χ1n) is 9.30. The Balaban J connectivity index is 0.000000758. The molecule has 1 aromatic heterocycles. The summed E-state index contributed by atoms with van der Waals surface area (Å²) in [5.74, 6) is 1.23. The summed E-state index contributed by atoms with van der Waals surface area (Å²) in [5, 5.41) is 9.91. The summed E-state index contributed by atoms with van der Waals surface area (Å²) in [4.78, 5) is 27.0. The molecule has 3 heterocycles. The van der Waals surface area contributed by atoms with Crippen molar-refractivity contribution in [3.63, 3.8) is 0 Å². The van der Waals surface area contributed by atoms with Crippen LogP contribution in [-0.2, 0) is 9.53 Å². The number of carbonyl (C=O) groups excluding carboxylic acids is 1. The Kier molecular flexibility index (Phi) is 9.06. The molecule has 1 aromatic rings. The van der Waals surface area contributed by atoms with Crippen molar-refractivity contribution in [2.24, 2.45) is 11.8 Å². The number of piperidine rings is 1. The van der Waals surface area contributed by atoms with Gasteiger partial charge in [-0.3, -0.25) is 14.6 Å². The molecule has 2 saturated heterocycles. The van der Waals surface area contributed by atoms with Crippen LogP contribution in [0.5, 0.6) is 0 Å². The van der Waals surface area contributed by atoms with E-state index in [1.807, 2.05) is 12.1 Å². The Morgan fingerprint density at radius 2 is 2.08 bits per heavy atom. The Labute approximate surface area is 154 Å². The van der Waals surface area contributed by atoms with Crippen molar-refractivity contribution in [3.05, 3.63) is 30.1 Å². The number of nitrogens with one attached hydrogen (secondary N) is 1. The van der Waals surface area contributed by atoms with E-state index in [-0.39, 0.29) is 12.4 Å². The van der Waals surface area contributed by atoms with Gasteiger partial charge in [0.2, 0.25) is 0 Å². The van der Waals surface area contributed by atoms with Gasteiger partial charge in [0, 0.05) is 25.9 Å². The van der Waals surface area contributed by atoms with Gasteiger partial charge in [-0.05, 0) is 62.7 Å². The van der Waals surface area contributed by atoms with Crippen molar-refractivity contribution >= 4 is 12.4 Å². The van der Waals surface area contributed by atoms with Gasteiger partial charge < -0.3 is 20.1 Å². The molecule has 0 aliphatic carbocycles. The number of amides is 1. The van der Waals surface area contributed by atoms with E-state index < -0.39 is 0 Å². The molecule has 7 nitrogen and oxygen atoms in total. The summed E-state index contributed by atoms with van der Waals surface area (Å²) in [6.45, 7) is 5.83. The Morgan fingerprint density at radius 3 is 2.69 bits per heavy atom. The fourth-order valence-electron chi connectivity index (χ4n) is 3.51. The van der Waals surface area contributed by atoms with Gasteiger partial charge in [-0.2, -0.15) is 0 Å². The number of likely N-dealkylation sites (tertiary alicyclic amines) is 1. The molecule has 3 rings (SSSR count). The third kappa shape index (κ3) is 7.09. The second kappa shape index (κ2) is 11.6. The lowest BCUT2D eigenvalue weighted by Gasteiger charge is -2.35. The number of hydrogen-bond acceptors (Lipinski definition) is 5. The van der Waals surface area contributed by atoms with E-state index in [4.69, 9.17) is 14.6 Å². The standard InChI is InChI=1S/C18H27N3O2.CH2O2/c22-18(17-5-1-2-8-19-17)20-12-15-6-9-21(10-7-15)13-16-4-3-11-23-14-16;2-1-3/h1-2,5,8,15-16H,3-4,6-7,9-14H2,(H,20,22);1H,(H,2,3). The Hall–Kier alpha value is -1.99. The van der Waals surface area contributed by atoms with Crippen molar-refractivity contribution < 1.29 is 19.4 Å². The lowest BCUT2D eigenvalue weighted by Crippen LogP contribution is -2.41. The lowest BCUT2D eigenvalue weighted by atomic mass is 9.94. The molecule has 1 amide bonds. The third-order valence-corrected chi connectivity index (χ3v) is 4.93.